The molecule has 1 amide bonds. The second-order valence-corrected chi connectivity index (χ2v) is 7.37. The molecule has 1 fully saturated rings. The first-order valence-electron chi connectivity index (χ1n) is 10.2. The highest BCUT2D eigenvalue weighted by Gasteiger charge is 2.30. The molecule has 4 rings (SSSR count). The average Bonchev–Trinajstić information content (AvgIpc) is 3.29. The zero-order valence-corrected chi connectivity index (χ0v) is 17.8. The third-order valence-electron chi connectivity index (χ3n) is 5.67. The van der Waals surface area contributed by atoms with Crippen molar-refractivity contribution in [1.82, 2.24) is 14.9 Å². The Kier molecular flexibility index (Phi) is 5.90. The second-order valence-electron chi connectivity index (χ2n) is 7.37. The maximum atomic E-state index is 13.1. The van der Waals surface area contributed by atoms with E-state index in [2.05, 4.69) is 16.0 Å². The van der Waals surface area contributed by atoms with E-state index >= 15 is 0 Å². The first-order chi connectivity index (χ1) is 15.6. The van der Waals surface area contributed by atoms with Gasteiger partial charge < -0.3 is 19.4 Å². The van der Waals surface area contributed by atoms with Gasteiger partial charge in [0.2, 0.25) is 5.88 Å². The number of fused-ring (bicyclic) bond motifs is 1. The van der Waals surface area contributed by atoms with E-state index in [1.165, 1.54) is 31.5 Å². The molecule has 8 heteroatoms. The highest BCUT2D eigenvalue weighted by molar-refractivity contribution is 6.45. The van der Waals surface area contributed by atoms with Crippen molar-refractivity contribution in [2.45, 2.75) is 12.8 Å². The summed E-state index contributed by atoms with van der Waals surface area (Å²) in [4.78, 5) is 34.7. The molecule has 2 aromatic heterocycles. The Morgan fingerprint density at radius 2 is 1.84 bits per heavy atom. The Morgan fingerprint density at radius 3 is 2.47 bits per heavy atom. The van der Waals surface area contributed by atoms with Crippen LogP contribution < -0.4 is 9.47 Å². The van der Waals surface area contributed by atoms with Crippen molar-refractivity contribution in [1.29, 1.82) is 5.26 Å². The van der Waals surface area contributed by atoms with Crippen molar-refractivity contribution in [2.75, 3.05) is 27.3 Å². The fourth-order valence-corrected chi connectivity index (χ4v) is 4.02. The number of hydrogen-bond acceptors (Lipinski definition) is 6. The summed E-state index contributed by atoms with van der Waals surface area (Å²) in [5.74, 6) is -0.520. The van der Waals surface area contributed by atoms with Crippen molar-refractivity contribution < 1.29 is 19.1 Å². The number of nitrogens with zero attached hydrogens (tertiary/aromatic N) is 3. The van der Waals surface area contributed by atoms with E-state index in [-0.39, 0.29) is 5.56 Å². The van der Waals surface area contributed by atoms with Crippen LogP contribution in [0, 0.1) is 11.3 Å². The van der Waals surface area contributed by atoms with Crippen molar-refractivity contribution >= 4 is 28.2 Å². The third-order valence-corrected chi connectivity index (χ3v) is 5.67. The summed E-state index contributed by atoms with van der Waals surface area (Å²) < 4.78 is 10.6. The minimum atomic E-state index is -0.626. The Labute approximate surface area is 185 Å². The Bertz CT molecular complexity index is 1240. The molecule has 162 valence electrons. The van der Waals surface area contributed by atoms with Gasteiger partial charge in [-0.1, -0.05) is 30.3 Å². The largest absolute Gasteiger partial charge is 0.494 e. The molecule has 3 heterocycles. The number of amides is 1. The normalized spacial score (nSPS) is 13.5. The van der Waals surface area contributed by atoms with Gasteiger partial charge in [0.1, 0.15) is 11.3 Å². The van der Waals surface area contributed by atoms with E-state index in [0.717, 1.165) is 11.1 Å². The van der Waals surface area contributed by atoms with Gasteiger partial charge in [-0.05, 0) is 24.0 Å². The number of rotatable bonds is 5. The van der Waals surface area contributed by atoms with E-state index in [1.54, 1.807) is 0 Å². The quantitative estimate of drug-likeness (QED) is 0.378. The molecular formula is C24H22N4O4. The molecule has 0 unspecified atom stereocenters. The van der Waals surface area contributed by atoms with E-state index in [4.69, 9.17) is 9.47 Å². The zero-order valence-electron chi connectivity index (χ0n) is 17.8. The SMILES string of the molecule is COc1ncc(OC)c2c(C(=O)C(=O)N3CCC(=C(C#N)c4ccccc4)CC3)c[nH]c12. The first kappa shape index (κ1) is 21.1. The van der Waals surface area contributed by atoms with Gasteiger partial charge in [-0.15, -0.1) is 0 Å². The van der Waals surface area contributed by atoms with Gasteiger partial charge in [-0.25, -0.2) is 4.98 Å². The monoisotopic (exact) mass is 430 g/mol. The molecule has 0 radical (unpaired) electrons. The molecule has 0 aliphatic carbocycles. The number of carbonyl (C=O) groups is 2. The van der Waals surface area contributed by atoms with Crippen LogP contribution in [0.3, 0.4) is 0 Å². The Balaban J connectivity index is 1.56. The standard InChI is InChI=1S/C24H22N4O4/c1-31-19-14-27-23(32-2)21-20(19)18(13-26-21)22(29)24(30)28-10-8-16(9-11-28)17(12-25)15-6-4-3-5-7-15/h3-7,13-14,26H,8-11H2,1-2H3. The molecule has 0 bridgehead atoms. The number of Topliss-reactive ketones (excluding diaryl/α,β-unsaturated/α-hetero) is 1. The molecule has 8 nitrogen and oxygen atoms in total. The van der Waals surface area contributed by atoms with Gasteiger partial charge >= 0.3 is 0 Å². The van der Waals surface area contributed by atoms with E-state index in [0.29, 0.717) is 54.0 Å². The van der Waals surface area contributed by atoms with Crippen molar-refractivity contribution in [2.24, 2.45) is 0 Å². The number of nitriles is 1. The summed E-state index contributed by atoms with van der Waals surface area (Å²) in [5.41, 5.74) is 3.22. The molecule has 32 heavy (non-hydrogen) atoms. The minimum absolute atomic E-state index is 0.214. The highest BCUT2D eigenvalue weighted by atomic mass is 16.5. The van der Waals surface area contributed by atoms with Crippen molar-refractivity contribution in [3.63, 3.8) is 0 Å². The van der Waals surface area contributed by atoms with Crippen LogP contribution in [-0.2, 0) is 4.79 Å². The number of H-pyrrole nitrogens is 1. The number of ketones is 1. The van der Waals surface area contributed by atoms with Crippen molar-refractivity contribution in [3.8, 4) is 17.7 Å². The lowest BCUT2D eigenvalue weighted by Crippen LogP contribution is -2.40. The maximum absolute atomic E-state index is 13.1. The van der Waals surface area contributed by atoms with Crippen LogP contribution in [0.2, 0.25) is 0 Å². The topological polar surface area (TPSA) is 108 Å². The van der Waals surface area contributed by atoms with Crippen LogP contribution in [-0.4, -0.2) is 53.9 Å². The zero-order chi connectivity index (χ0) is 22.7. The van der Waals surface area contributed by atoms with Crippen LogP contribution in [0.25, 0.3) is 16.5 Å². The fourth-order valence-electron chi connectivity index (χ4n) is 4.02. The van der Waals surface area contributed by atoms with Gasteiger partial charge in [-0.2, -0.15) is 5.26 Å². The van der Waals surface area contributed by atoms with Crippen LogP contribution in [0.15, 0.2) is 48.3 Å². The van der Waals surface area contributed by atoms with Crippen LogP contribution >= 0.6 is 0 Å². The van der Waals surface area contributed by atoms with E-state index in [9.17, 15) is 14.9 Å². The molecule has 0 atom stereocenters. The number of nitrogens with one attached hydrogen (secondary N) is 1. The second kappa shape index (κ2) is 8.94. The Hall–Kier alpha value is -4.12. The molecular weight excluding hydrogens is 408 g/mol. The first-order valence-corrected chi connectivity index (χ1v) is 10.2. The lowest BCUT2D eigenvalue weighted by atomic mass is 9.93. The predicted octanol–water partition coefficient (Wildman–Crippen LogP) is 3.36. The lowest BCUT2D eigenvalue weighted by Gasteiger charge is -2.28. The minimum Gasteiger partial charge on any atom is -0.494 e. The van der Waals surface area contributed by atoms with Gasteiger partial charge in [0, 0.05) is 19.3 Å². The molecule has 1 aromatic carbocycles. The lowest BCUT2D eigenvalue weighted by molar-refractivity contribution is -0.126. The smallest absolute Gasteiger partial charge is 0.295 e. The van der Waals surface area contributed by atoms with Gasteiger partial charge in [0.25, 0.3) is 11.7 Å². The molecule has 1 aliphatic heterocycles. The Morgan fingerprint density at radius 1 is 1.12 bits per heavy atom. The third kappa shape index (κ3) is 3.69. The predicted molar refractivity (Wildman–Crippen MR) is 118 cm³/mol. The van der Waals surface area contributed by atoms with Gasteiger partial charge in [-0.3, -0.25) is 9.59 Å². The van der Waals surface area contributed by atoms with Crippen LogP contribution in [0.1, 0.15) is 28.8 Å². The maximum Gasteiger partial charge on any atom is 0.295 e. The number of aromatic nitrogens is 2. The van der Waals surface area contributed by atoms with Gasteiger partial charge in [0.05, 0.1) is 43.0 Å². The summed E-state index contributed by atoms with van der Waals surface area (Å²) >= 11 is 0. The molecule has 1 aliphatic rings. The molecule has 1 N–H and O–H groups in total. The van der Waals surface area contributed by atoms with Crippen molar-refractivity contribution in [3.05, 3.63) is 59.4 Å². The number of likely N-dealkylation sites (tertiary alicyclic amines) is 1. The molecule has 1 saturated heterocycles. The summed E-state index contributed by atoms with van der Waals surface area (Å²) in [6, 6.07) is 11.8. The van der Waals surface area contributed by atoms with Crippen LogP contribution in [0.5, 0.6) is 11.6 Å². The van der Waals surface area contributed by atoms with Crippen LogP contribution in [0.4, 0.5) is 0 Å². The molecule has 3 aromatic rings. The number of methoxy groups -OCH3 is 2. The number of carbonyl (C=O) groups excluding carboxylic acids is 2. The summed E-state index contributed by atoms with van der Waals surface area (Å²) in [7, 11) is 2.95. The number of piperidine rings is 1. The summed E-state index contributed by atoms with van der Waals surface area (Å²) in [6.07, 6.45) is 4.04. The van der Waals surface area contributed by atoms with E-state index in [1.807, 2.05) is 30.3 Å². The number of hydrogen-bond donors (Lipinski definition) is 1. The van der Waals surface area contributed by atoms with E-state index < -0.39 is 11.7 Å². The number of ether oxygens (including phenoxy) is 2. The molecule has 0 spiro atoms. The highest BCUT2D eigenvalue weighted by Crippen LogP contribution is 2.34. The summed E-state index contributed by atoms with van der Waals surface area (Å²) in [6.45, 7) is 0.755. The van der Waals surface area contributed by atoms with Gasteiger partial charge in [0.15, 0.2) is 0 Å². The number of aromatic amines is 1. The summed E-state index contributed by atoms with van der Waals surface area (Å²) in [5, 5.41) is 10.1. The number of benzene rings is 1. The average molecular weight is 430 g/mol. The number of pyridine rings is 1. The number of allylic oxidation sites excluding steroid dienone is 1. The fraction of sp³-hybridized carbons (Fsp3) is 0.250. The molecule has 0 saturated carbocycles.